The van der Waals surface area contributed by atoms with Crippen LogP contribution in [-0.2, 0) is 27.2 Å². The Morgan fingerprint density at radius 3 is 2.68 bits per heavy atom. The number of amides is 1. The predicted octanol–water partition coefficient (Wildman–Crippen LogP) is 4.62. The Labute approximate surface area is 225 Å². The largest absolute Gasteiger partial charge is 0.478 e. The maximum absolute atomic E-state index is 11.2. The van der Waals surface area contributed by atoms with Gasteiger partial charge < -0.3 is 19.8 Å². The number of H-pyrrole nitrogens is 1. The quantitative estimate of drug-likeness (QED) is 0.0682. The molecule has 1 amide bonds. The molecule has 38 heavy (non-hydrogen) atoms. The molecule has 8 nitrogen and oxygen atoms in total. The molecule has 204 valence electrons. The minimum atomic E-state index is -0.558. The molecule has 1 aromatic heterocycles. The number of carbonyl (C=O) groups is 1. The first-order valence-corrected chi connectivity index (χ1v) is 13.1. The van der Waals surface area contributed by atoms with E-state index in [0.717, 1.165) is 55.7 Å². The summed E-state index contributed by atoms with van der Waals surface area (Å²) in [4.78, 5) is 17.0. The third kappa shape index (κ3) is 10.0. The van der Waals surface area contributed by atoms with Gasteiger partial charge in [0, 0.05) is 56.0 Å². The van der Waals surface area contributed by atoms with Crippen molar-refractivity contribution in [3.8, 4) is 0 Å². The van der Waals surface area contributed by atoms with Gasteiger partial charge in [-0.1, -0.05) is 42.5 Å². The Morgan fingerprint density at radius 2 is 1.92 bits per heavy atom. The van der Waals surface area contributed by atoms with Gasteiger partial charge in [-0.2, -0.15) is 0 Å². The molecule has 0 unspecified atom stereocenters. The van der Waals surface area contributed by atoms with Gasteiger partial charge in [0.15, 0.2) is 5.88 Å². The van der Waals surface area contributed by atoms with Crippen LogP contribution in [0.2, 0.25) is 0 Å². The van der Waals surface area contributed by atoms with Crippen LogP contribution in [0.15, 0.2) is 73.3 Å². The molecule has 3 rings (SSSR count). The van der Waals surface area contributed by atoms with Crippen molar-refractivity contribution in [1.82, 2.24) is 20.7 Å². The third-order valence-corrected chi connectivity index (χ3v) is 6.07. The average molecular weight is 521 g/mol. The van der Waals surface area contributed by atoms with Crippen LogP contribution in [0.3, 0.4) is 0 Å². The van der Waals surface area contributed by atoms with E-state index in [1.807, 2.05) is 32.0 Å². The number of nitrogens with one attached hydrogen (secondary N) is 3. The van der Waals surface area contributed by atoms with E-state index in [2.05, 4.69) is 58.3 Å². The summed E-state index contributed by atoms with van der Waals surface area (Å²) in [6.45, 7) is 12.4. The Morgan fingerprint density at radius 1 is 1.13 bits per heavy atom. The molecular formula is C30H40N4O4. The highest BCUT2D eigenvalue weighted by atomic mass is 16.5. The first-order valence-electron chi connectivity index (χ1n) is 13.1. The van der Waals surface area contributed by atoms with Crippen LogP contribution in [-0.4, -0.2) is 60.0 Å². The summed E-state index contributed by atoms with van der Waals surface area (Å²) in [5, 5.41) is 13.1. The summed E-state index contributed by atoms with van der Waals surface area (Å²) in [7, 11) is 0. The summed E-state index contributed by atoms with van der Waals surface area (Å²) in [5.74, 6) is 0.0201. The maximum Gasteiger partial charge on any atom is 0.267 e. The van der Waals surface area contributed by atoms with E-state index in [4.69, 9.17) is 14.7 Å². The van der Waals surface area contributed by atoms with Crippen molar-refractivity contribution in [3.63, 3.8) is 0 Å². The predicted molar refractivity (Wildman–Crippen MR) is 151 cm³/mol. The normalized spacial score (nSPS) is 11.5. The summed E-state index contributed by atoms with van der Waals surface area (Å²) in [6.07, 6.45) is 7.09. The van der Waals surface area contributed by atoms with Crippen LogP contribution in [0.25, 0.3) is 17.0 Å². The number of benzene rings is 2. The van der Waals surface area contributed by atoms with Crippen molar-refractivity contribution < 1.29 is 19.5 Å². The topological polar surface area (TPSA) is 98.9 Å². The molecule has 4 N–H and O–H groups in total. The molecule has 0 saturated heterocycles. The molecule has 2 aromatic carbocycles. The molecule has 0 aliphatic rings. The van der Waals surface area contributed by atoms with E-state index in [0.29, 0.717) is 19.1 Å². The molecule has 0 saturated carbocycles. The second-order valence-electron chi connectivity index (χ2n) is 9.41. The number of carbonyl (C=O) groups excluding carboxylic acids is 1. The molecule has 0 atom stereocenters. The van der Waals surface area contributed by atoms with Crippen molar-refractivity contribution in [1.29, 1.82) is 0 Å². The van der Waals surface area contributed by atoms with Gasteiger partial charge in [0.05, 0.1) is 6.10 Å². The van der Waals surface area contributed by atoms with E-state index in [-0.39, 0.29) is 6.10 Å². The smallest absolute Gasteiger partial charge is 0.267 e. The van der Waals surface area contributed by atoms with Crippen molar-refractivity contribution >= 4 is 22.9 Å². The lowest BCUT2D eigenvalue weighted by atomic mass is 10.1. The standard InChI is InChI=1S/C30H40N4O4/c1-23(2)37-19-6-16-31-24(3)38-20-18-34(17-15-27-21-32-29-8-5-4-7-28(27)29)22-26-11-9-25(10-12-26)13-14-30(35)33-36/h4-5,7-14,21,23,31-32,36H,3,6,15-20,22H2,1-2H3,(H,33,35)/b14-13+. The van der Waals surface area contributed by atoms with Crippen molar-refractivity contribution in [2.24, 2.45) is 0 Å². The molecule has 3 aromatic rings. The lowest BCUT2D eigenvalue weighted by Crippen LogP contribution is -2.30. The third-order valence-electron chi connectivity index (χ3n) is 6.07. The lowest BCUT2D eigenvalue weighted by Gasteiger charge is -2.23. The van der Waals surface area contributed by atoms with E-state index in [9.17, 15) is 4.79 Å². The number of hydrogen-bond acceptors (Lipinski definition) is 6. The van der Waals surface area contributed by atoms with E-state index < -0.39 is 5.91 Å². The summed E-state index contributed by atoms with van der Waals surface area (Å²) >= 11 is 0. The minimum Gasteiger partial charge on any atom is -0.478 e. The van der Waals surface area contributed by atoms with Gasteiger partial charge in [-0.15, -0.1) is 0 Å². The fourth-order valence-electron chi connectivity index (χ4n) is 4.06. The maximum atomic E-state index is 11.2. The second kappa shape index (κ2) is 15.6. The van der Waals surface area contributed by atoms with Crippen LogP contribution >= 0.6 is 0 Å². The summed E-state index contributed by atoms with van der Waals surface area (Å²) in [6, 6.07) is 16.4. The average Bonchev–Trinajstić information content (AvgIpc) is 3.33. The first kappa shape index (κ1) is 29.0. The zero-order valence-corrected chi connectivity index (χ0v) is 22.4. The highest BCUT2D eigenvalue weighted by molar-refractivity contribution is 5.90. The lowest BCUT2D eigenvalue weighted by molar-refractivity contribution is -0.124. The zero-order valence-electron chi connectivity index (χ0n) is 22.4. The van der Waals surface area contributed by atoms with E-state index >= 15 is 0 Å². The minimum absolute atomic E-state index is 0.241. The van der Waals surface area contributed by atoms with Gasteiger partial charge in [-0.25, -0.2) is 5.48 Å². The molecule has 0 fully saturated rings. The number of para-hydroxylation sites is 1. The van der Waals surface area contributed by atoms with Gasteiger partial charge in [-0.05, 0) is 62.1 Å². The van der Waals surface area contributed by atoms with Crippen molar-refractivity contribution in [2.75, 3.05) is 32.8 Å². The SMILES string of the molecule is C=C(NCCCOC(C)C)OCCN(CCc1c[nH]c2ccccc12)Cc1ccc(/C=C/C(=O)NO)cc1. The Kier molecular flexibility index (Phi) is 11.9. The molecular weight excluding hydrogens is 480 g/mol. The number of hydrogen-bond donors (Lipinski definition) is 4. The Bertz CT molecular complexity index is 1170. The highest BCUT2D eigenvalue weighted by Crippen LogP contribution is 2.19. The van der Waals surface area contributed by atoms with Gasteiger partial charge in [0.25, 0.3) is 5.91 Å². The van der Waals surface area contributed by atoms with Gasteiger partial charge in [0.1, 0.15) is 6.61 Å². The molecule has 1 heterocycles. The monoisotopic (exact) mass is 520 g/mol. The number of fused-ring (bicyclic) bond motifs is 1. The molecule has 0 bridgehead atoms. The number of nitrogens with zero attached hydrogens (tertiary/aromatic N) is 1. The molecule has 0 aliphatic heterocycles. The second-order valence-corrected chi connectivity index (χ2v) is 9.41. The fraction of sp³-hybridized carbons (Fsp3) is 0.367. The van der Waals surface area contributed by atoms with Crippen LogP contribution in [0.5, 0.6) is 0 Å². The van der Waals surface area contributed by atoms with Crippen molar-refractivity contribution in [2.45, 2.75) is 39.3 Å². The Balaban J connectivity index is 1.54. The van der Waals surface area contributed by atoms with E-state index in [1.165, 1.54) is 17.0 Å². The number of ether oxygens (including phenoxy) is 2. The molecule has 0 spiro atoms. The van der Waals surface area contributed by atoms with Crippen LogP contribution < -0.4 is 10.8 Å². The summed E-state index contributed by atoms with van der Waals surface area (Å²) in [5.41, 5.74) is 6.08. The molecule has 0 aliphatic carbocycles. The first-order chi connectivity index (χ1) is 18.4. The number of aromatic nitrogens is 1. The van der Waals surface area contributed by atoms with Crippen LogP contribution in [0, 0.1) is 0 Å². The van der Waals surface area contributed by atoms with Crippen LogP contribution in [0.4, 0.5) is 0 Å². The fourth-order valence-corrected chi connectivity index (χ4v) is 4.06. The van der Waals surface area contributed by atoms with Crippen LogP contribution in [0.1, 0.15) is 37.0 Å². The number of hydroxylamine groups is 1. The Hall–Kier alpha value is -3.59. The number of aromatic amines is 1. The summed E-state index contributed by atoms with van der Waals surface area (Å²) < 4.78 is 11.4. The van der Waals surface area contributed by atoms with Gasteiger partial charge in [0.2, 0.25) is 0 Å². The zero-order chi connectivity index (χ0) is 27.2. The molecule has 0 radical (unpaired) electrons. The highest BCUT2D eigenvalue weighted by Gasteiger charge is 2.10. The van der Waals surface area contributed by atoms with Gasteiger partial charge >= 0.3 is 0 Å². The van der Waals surface area contributed by atoms with E-state index in [1.54, 1.807) is 11.6 Å². The molecule has 8 heteroatoms. The number of rotatable bonds is 17. The van der Waals surface area contributed by atoms with Crippen molar-refractivity contribution in [3.05, 3.63) is 90.0 Å². The van der Waals surface area contributed by atoms with Gasteiger partial charge in [-0.3, -0.25) is 14.9 Å².